The first-order chi connectivity index (χ1) is 8.09. The van der Waals surface area contributed by atoms with E-state index in [1.165, 1.54) is 12.8 Å². The summed E-state index contributed by atoms with van der Waals surface area (Å²) in [5, 5.41) is 13.9. The molecule has 2 nitrogen and oxygen atoms in total. The van der Waals surface area contributed by atoms with Crippen LogP contribution in [0.3, 0.4) is 0 Å². The zero-order chi connectivity index (χ0) is 12.4. The second kappa shape index (κ2) is 5.28. The molecule has 1 aromatic rings. The summed E-state index contributed by atoms with van der Waals surface area (Å²) in [6.07, 6.45) is 2.50. The molecular formula is C14H20ClNO. The zero-order valence-electron chi connectivity index (χ0n) is 10.4. The monoisotopic (exact) mass is 253 g/mol. The van der Waals surface area contributed by atoms with Crippen LogP contribution in [0.15, 0.2) is 18.2 Å². The van der Waals surface area contributed by atoms with E-state index in [1.54, 1.807) is 12.1 Å². The van der Waals surface area contributed by atoms with Crippen molar-refractivity contribution in [1.82, 2.24) is 5.32 Å². The molecule has 1 aromatic carbocycles. The van der Waals surface area contributed by atoms with Crippen LogP contribution in [0.2, 0.25) is 5.02 Å². The maximum absolute atomic E-state index is 9.76. The van der Waals surface area contributed by atoms with Gasteiger partial charge in [0.05, 0.1) is 0 Å². The number of hydrogen-bond donors (Lipinski definition) is 2. The van der Waals surface area contributed by atoms with Gasteiger partial charge in [-0.15, -0.1) is 0 Å². The molecule has 3 heteroatoms. The van der Waals surface area contributed by atoms with Crippen molar-refractivity contribution in [2.45, 2.75) is 39.3 Å². The first-order valence-corrected chi connectivity index (χ1v) is 6.67. The summed E-state index contributed by atoms with van der Waals surface area (Å²) in [5.74, 6) is 1.76. The molecule has 0 aliphatic heterocycles. The van der Waals surface area contributed by atoms with Crippen molar-refractivity contribution in [3.63, 3.8) is 0 Å². The van der Waals surface area contributed by atoms with Crippen LogP contribution in [0, 0.1) is 11.8 Å². The fourth-order valence-electron chi connectivity index (χ4n) is 2.61. The first-order valence-electron chi connectivity index (χ1n) is 6.29. The van der Waals surface area contributed by atoms with Gasteiger partial charge in [-0.25, -0.2) is 0 Å². The maximum atomic E-state index is 9.76. The predicted octanol–water partition coefficient (Wildman–Crippen LogP) is 3.57. The minimum absolute atomic E-state index is 0.281. The average molecular weight is 254 g/mol. The highest BCUT2D eigenvalue weighted by Crippen LogP contribution is 2.32. The van der Waals surface area contributed by atoms with Crippen LogP contribution in [-0.4, -0.2) is 11.1 Å². The molecule has 1 aliphatic carbocycles. The molecule has 2 N–H and O–H groups in total. The normalized spacial score (nSPS) is 28.5. The lowest BCUT2D eigenvalue weighted by Gasteiger charge is -2.20. The van der Waals surface area contributed by atoms with Crippen molar-refractivity contribution in [3.05, 3.63) is 28.8 Å². The van der Waals surface area contributed by atoms with Gasteiger partial charge in [0.1, 0.15) is 5.75 Å². The summed E-state index contributed by atoms with van der Waals surface area (Å²) in [5.41, 5.74) is 0.806. The largest absolute Gasteiger partial charge is 0.508 e. The molecular weight excluding hydrogens is 234 g/mol. The van der Waals surface area contributed by atoms with Crippen molar-refractivity contribution in [1.29, 1.82) is 0 Å². The van der Waals surface area contributed by atoms with Crippen LogP contribution in [0.1, 0.15) is 32.3 Å². The lowest BCUT2D eigenvalue weighted by Crippen LogP contribution is -2.31. The quantitative estimate of drug-likeness (QED) is 0.863. The first kappa shape index (κ1) is 12.7. The van der Waals surface area contributed by atoms with Crippen molar-refractivity contribution in [2.75, 3.05) is 0 Å². The van der Waals surface area contributed by atoms with E-state index < -0.39 is 0 Å². The van der Waals surface area contributed by atoms with Gasteiger partial charge >= 0.3 is 0 Å². The minimum Gasteiger partial charge on any atom is -0.508 e. The summed E-state index contributed by atoms with van der Waals surface area (Å²) < 4.78 is 0. The number of halogens is 1. The van der Waals surface area contributed by atoms with Crippen LogP contribution >= 0.6 is 11.6 Å². The van der Waals surface area contributed by atoms with Gasteiger partial charge in [-0.2, -0.15) is 0 Å². The topological polar surface area (TPSA) is 32.3 Å². The average Bonchev–Trinajstić information content (AvgIpc) is 2.60. The van der Waals surface area contributed by atoms with Gasteiger partial charge < -0.3 is 10.4 Å². The smallest absolute Gasteiger partial charge is 0.121 e. The summed E-state index contributed by atoms with van der Waals surface area (Å²) in [7, 11) is 0. The van der Waals surface area contributed by atoms with Crippen molar-refractivity contribution in [2.24, 2.45) is 11.8 Å². The minimum atomic E-state index is 0.281. The van der Waals surface area contributed by atoms with Gasteiger partial charge in [-0.05, 0) is 36.8 Å². The fourth-order valence-corrected chi connectivity index (χ4v) is 2.84. The fraction of sp³-hybridized carbons (Fsp3) is 0.571. The summed E-state index contributed by atoms with van der Waals surface area (Å²) in [6, 6.07) is 5.81. The van der Waals surface area contributed by atoms with Crippen LogP contribution in [0.4, 0.5) is 0 Å². The molecule has 0 bridgehead atoms. The third kappa shape index (κ3) is 2.75. The molecule has 2 rings (SSSR count). The van der Waals surface area contributed by atoms with E-state index >= 15 is 0 Å². The highest BCUT2D eigenvalue weighted by atomic mass is 35.5. The molecule has 1 fully saturated rings. The third-order valence-corrected chi connectivity index (χ3v) is 4.45. The molecule has 0 heterocycles. The molecule has 94 valence electrons. The molecule has 1 aliphatic rings. The Labute approximate surface area is 108 Å². The van der Waals surface area contributed by atoms with E-state index in [0.29, 0.717) is 23.5 Å². The molecule has 0 radical (unpaired) electrons. The van der Waals surface area contributed by atoms with Gasteiger partial charge in [-0.1, -0.05) is 31.5 Å². The van der Waals surface area contributed by atoms with E-state index in [0.717, 1.165) is 11.5 Å². The molecule has 17 heavy (non-hydrogen) atoms. The highest BCUT2D eigenvalue weighted by Gasteiger charge is 2.29. The molecule has 0 saturated heterocycles. The summed E-state index contributed by atoms with van der Waals surface area (Å²) >= 11 is 6.08. The van der Waals surface area contributed by atoms with E-state index in [4.69, 9.17) is 11.6 Å². The second-order valence-electron chi connectivity index (χ2n) is 5.14. The number of phenols is 1. The lowest BCUT2D eigenvalue weighted by molar-refractivity contribution is 0.367. The van der Waals surface area contributed by atoms with E-state index in [-0.39, 0.29) is 5.75 Å². The van der Waals surface area contributed by atoms with Crippen LogP contribution in [0.5, 0.6) is 5.75 Å². The van der Waals surface area contributed by atoms with Crippen molar-refractivity contribution < 1.29 is 5.11 Å². The Morgan fingerprint density at radius 3 is 2.71 bits per heavy atom. The molecule has 0 spiro atoms. The van der Waals surface area contributed by atoms with Crippen LogP contribution in [0.25, 0.3) is 0 Å². The Morgan fingerprint density at radius 1 is 1.35 bits per heavy atom. The van der Waals surface area contributed by atoms with E-state index in [1.807, 2.05) is 6.07 Å². The van der Waals surface area contributed by atoms with Gasteiger partial charge in [0, 0.05) is 23.2 Å². The Morgan fingerprint density at radius 2 is 2.12 bits per heavy atom. The zero-order valence-corrected chi connectivity index (χ0v) is 11.2. The number of rotatable bonds is 3. The van der Waals surface area contributed by atoms with Crippen LogP contribution < -0.4 is 5.32 Å². The number of hydrogen-bond acceptors (Lipinski definition) is 2. The number of phenolic OH excluding ortho intramolecular Hbond substituents is 1. The van der Waals surface area contributed by atoms with Gasteiger partial charge in [-0.3, -0.25) is 0 Å². The number of nitrogens with one attached hydrogen (secondary N) is 1. The van der Waals surface area contributed by atoms with Crippen molar-refractivity contribution >= 4 is 11.6 Å². The Kier molecular flexibility index (Phi) is 3.95. The number of aromatic hydroxyl groups is 1. The lowest BCUT2D eigenvalue weighted by atomic mass is 9.97. The molecule has 3 unspecified atom stereocenters. The van der Waals surface area contributed by atoms with Gasteiger partial charge in [0.15, 0.2) is 0 Å². The molecule has 3 atom stereocenters. The summed E-state index contributed by atoms with van der Waals surface area (Å²) in [6.45, 7) is 5.24. The standard InChI is InChI=1S/C14H20ClNO/c1-9-6-7-13(10(9)2)16-8-11-12(15)4-3-5-14(11)17/h3-5,9-10,13,16-17H,6-8H2,1-2H3. The number of benzene rings is 1. The molecule has 0 aromatic heterocycles. The SMILES string of the molecule is CC1CCC(NCc2c(O)cccc2Cl)C1C. The second-order valence-corrected chi connectivity index (χ2v) is 5.55. The summed E-state index contributed by atoms with van der Waals surface area (Å²) in [4.78, 5) is 0. The highest BCUT2D eigenvalue weighted by molar-refractivity contribution is 6.31. The Hall–Kier alpha value is -0.730. The molecule has 1 saturated carbocycles. The van der Waals surface area contributed by atoms with E-state index in [2.05, 4.69) is 19.2 Å². The third-order valence-electron chi connectivity index (χ3n) is 4.10. The van der Waals surface area contributed by atoms with Gasteiger partial charge in [0.25, 0.3) is 0 Å². The van der Waals surface area contributed by atoms with Crippen LogP contribution in [-0.2, 0) is 6.54 Å². The van der Waals surface area contributed by atoms with E-state index in [9.17, 15) is 5.11 Å². The Bertz CT molecular complexity index is 374. The van der Waals surface area contributed by atoms with Crippen molar-refractivity contribution in [3.8, 4) is 5.75 Å². The maximum Gasteiger partial charge on any atom is 0.121 e. The Balaban J connectivity index is 1.99. The predicted molar refractivity (Wildman–Crippen MR) is 71.3 cm³/mol. The molecule has 0 amide bonds. The van der Waals surface area contributed by atoms with Gasteiger partial charge in [0.2, 0.25) is 0 Å².